The number of fused-ring (bicyclic) bond motifs is 2. The maximum atomic E-state index is 5.96. The molecule has 0 spiro atoms. The molecule has 2 aliphatic rings. The average molecular weight is 168 g/mol. The molecule has 2 N–H and O–H groups in total. The van der Waals surface area contributed by atoms with Crippen LogP contribution in [0.2, 0.25) is 0 Å². The Bertz CT molecular complexity index is 138. The molecule has 0 amide bonds. The molecular weight excluding hydrogens is 148 g/mol. The van der Waals surface area contributed by atoms with Crippen LogP contribution in [0.4, 0.5) is 0 Å². The highest BCUT2D eigenvalue weighted by Crippen LogP contribution is 2.37. The number of hydrogen-bond acceptors (Lipinski definition) is 2. The van der Waals surface area contributed by atoms with E-state index < -0.39 is 0 Å². The first-order chi connectivity index (χ1) is 5.81. The van der Waals surface area contributed by atoms with Gasteiger partial charge in [-0.3, -0.25) is 4.90 Å². The third-order valence-electron chi connectivity index (χ3n) is 3.57. The highest BCUT2D eigenvalue weighted by atomic mass is 15.2. The molecule has 0 aromatic rings. The molecule has 0 unspecified atom stereocenters. The first-order valence-corrected chi connectivity index (χ1v) is 5.32. The summed E-state index contributed by atoms with van der Waals surface area (Å²) in [6, 6.07) is 2.20. The Hall–Kier alpha value is -0.0800. The predicted octanol–water partition coefficient (Wildman–Crippen LogP) is 1.35. The van der Waals surface area contributed by atoms with Crippen LogP contribution in [0.25, 0.3) is 0 Å². The summed E-state index contributed by atoms with van der Waals surface area (Å²) in [4.78, 5) is 2.66. The van der Waals surface area contributed by atoms with Crippen molar-refractivity contribution in [1.29, 1.82) is 0 Å². The maximum Gasteiger partial charge on any atom is 0.0165 e. The fourth-order valence-corrected chi connectivity index (χ4v) is 2.72. The highest BCUT2D eigenvalue weighted by molar-refractivity contribution is 4.95. The van der Waals surface area contributed by atoms with Gasteiger partial charge in [-0.2, -0.15) is 0 Å². The summed E-state index contributed by atoms with van der Waals surface area (Å²) in [5, 5.41) is 0. The standard InChI is InChI=1S/C10H20N2/c1-2-8(11)7-12-9-3-4-10(12)6-5-9/h8-10H,2-7,11H2,1H3/t8-,9?,10?/m0/s1. The SMILES string of the molecule is CC[C@H](N)CN1C2CCC1CC2. The minimum Gasteiger partial charge on any atom is -0.327 e. The van der Waals surface area contributed by atoms with Crippen molar-refractivity contribution in [2.75, 3.05) is 6.54 Å². The Morgan fingerprint density at radius 2 is 1.75 bits per heavy atom. The van der Waals surface area contributed by atoms with Crippen LogP contribution in [0.15, 0.2) is 0 Å². The van der Waals surface area contributed by atoms with Gasteiger partial charge in [0.25, 0.3) is 0 Å². The van der Waals surface area contributed by atoms with Crippen molar-refractivity contribution in [1.82, 2.24) is 4.90 Å². The van der Waals surface area contributed by atoms with Gasteiger partial charge in [0.1, 0.15) is 0 Å². The van der Waals surface area contributed by atoms with Crippen molar-refractivity contribution in [3.63, 3.8) is 0 Å². The van der Waals surface area contributed by atoms with E-state index >= 15 is 0 Å². The Morgan fingerprint density at radius 3 is 2.17 bits per heavy atom. The number of hydrogen-bond donors (Lipinski definition) is 1. The highest BCUT2D eigenvalue weighted by Gasteiger charge is 2.39. The first kappa shape index (κ1) is 8.52. The molecule has 2 saturated heterocycles. The molecule has 2 fully saturated rings. The van der Waals surface area contributed by atoms with Gasteiger partial charge in [0, 0.05) is 24.7 Å². The van der Waals surface area contributed by atoms with E-state index in [-0.39, 0.29) is 0 Å². The van der Waals surface area contributed by atoms with E-state index in [0.717, 1.165) is 25.0 Å². The molecule has 2 aliphatic heterocycles. The lowest BCUT2D eigenvalue weighted by Crippen LogP contribution is -2.39. The van der Waals surface area contributed by atoms with E-state index in [1.165, 1.54) is 25.7 Å². The van der Waals surface area contributed by atoms with Crippen LogP contribution >= 0.6 is 0 Å². The van der Waals surface area contributed by atoms with Crippen molar-refractivity contribution in [2.24, 2.45) is 5.73 Å². The molecular formula is C10H20N2. The van der Waals surface area contributed by atoms with Crippen molar-refractivity contribution < 1.29 is 0 Å². The Kier molecular flexibility index (Phi) is 2.37. The lowest BCUT2D eigenvalue weighted by atomic mass is 10.0. The quantitative estimate of drug-likeness (QED) is 0.689. The smallest absolute Gasteiger partial charge is 0.0165 e. The second-order valence-electron chi connectivity index (χ2n) is 4.33. The van der Waals surface area contributed by atoms with Crippen LogP contribution < -0.4 is 5.73 Å². The van der Waals surface area contributed by atoms with E-state index in [9.17, 15) is 0 Å². The number of nitrogens with zero attached hydrogens (tertiary/aromatic N) is 1. The third-order valence-corrected chi connectivity index (χ3v) is 3.57. The molecule has 0 saturated carbocycles. The molecule has 70 valence electrons. The summed E-state index contributed by atoms with van der Waals surface area (Å²) in [5.41, 5.74) is 5.96. The molecule has 2 rings (SSSR count). The zero-order valence-corrected chi connectivity index (χ0v) is 8.00. The van der Waals surface area contributed by atoms with Gasteiger partial charge >= 0.3 is 0 Å². The maximum absolute atomic E-state index is 5.96. The summed E-state index contributed by atoms with van der Waals surface area (Å²) >= 11 is 0. The summed E-state index contributed by atoms with van der Waals surface area (Å²) in [6.45, 7) is 3.33. The second kappa shape index (κ2) is 3.35. The van der Waals surface area contributed by atoms with Crippen molar-refractivity contribution in [3.05, 3.63) is 0 Å². The normalized spacial score (nSPS) is 37.5. The summed E-state index contributed by atoms with van der Waals surface area (Å²) in [7, 11) is 0. The van der Waals surface area contributed by atoms with Crippen LogP contribution in [0.1, 0.15) is 39.0 Å². The summed E-state index contributed by atoms with van der Waals surface area (Å²) < 4.78 is 0. The molecule has 0 aliphatic carbocycles. The zero-order chi connectivity index (χ0) is 8.55. The Morgan fingerprint density at radius 1 is 1.25 bits per heavy atom. The fraction of sp³-hybridized carbons (Fsp3) is 1.00. The predicted molar refractivity (Wildman–Crippen MR) is 51.0 cm³/mol. The van der Waals surface area contributed by atoms with Gasteiger partial charge < -0.3 is 5.73 Å². The van der Waals surface area contributed by atoms with Gasteiger partial charge in [-0.05, 0) is 32.1 Å². The van der Waals surface area contributed by atoms with Crippen LogP contribution in [-0.2, 0) is 0 Å². The average Bonchev–Trinajstić information content (AvgIpc) is 2.65. The molecule has 12 heavy (non-hydrogen) atoms. The minimum absolute atomic E-state index is 0.409. The molecule has 0 aromatic carbocycles. The summed E-state index contributed by atoms with van der Waals surface area (Å²) in [5.74, 6) is 0. The lowest BCUT2D eigenvalue weighted by molar-refractivity contribution is 0.234. The molecule has 0 aromatic heterocycles. The monoisotopic (exact) mass is 168 g/mol. The van der Waals surface area contributed by atoms with Crippen LogP contribution in [0.5, 0.6) is 0 Å². The van der Waals surface area contributed by atoms with Gasteiger partial charge in [-0.25, -0.2) is 0 Å². The topological polar surface area (TPSA) is 29.3 Å². The first-order valence-electron chi connectivity index (χ1n) is 5.32. The van der Waals surface area contributed by atoms with Gasteiger partial charge in [0.15, 0.2) is 0 Å². The molecule has 2 nitrogen and oxygen atoms in total. The summed E-state index contributed by atoms with van der Waals surface area (Å²) in [6.07, 6.45) is 6.85. The van der Waals surface area contributed by atoms with Crippen molar-refractivity contribution in [2.45, 2.75) is 57.2 Å². The van der Waals surface area contributed by atoms with Crippen molar-refractivity contribution >= 4 is 0 Å². The van der Waals surface area contributed by atoms with E-state index in [4.69, 9.17) is 5.73 Å². The Labute approximate surface area is 75.1 Å². The van der Waals surface area contributed by atoms with Gasteiger partial charge in [-0.1, -0.05) is 6.92 Å². The molecule has 0 radical (unpaired) electrons. The van der Waals surface area contributed by atoms with Gasteiger partial charge in [-0.15, -0.1) is 0 Å². The lowest BCUT2D eigenvalue weighted by Gasteiger charge is -2.24. The van der Waals surface area contributed by atoms with E-state index in [1.54, 1.807) is 0 Å². The fourth-order valence-electron chi connectivity index (χ4n) is 2.72. The van der Waals surface area contributed by atoms with Gasteiger partial charge in [0.05, 0.1) is 0 Å². The zero-order valence-electron chi connectivity index (χ0n) is 8.00. The largest absolute Gasteiger partial charge is 0.327 e. The third kappa shape index (κ3) is 1.38. The van der Waals surface area contributed by atoms with Crippen LogP contribution in [-0.4, -0.2) is 29.6 Å². The van der Waals surface area contributed by atoms with Gasteiger partial charge in [0.2, 0.25) is 0 Å². The van der Waals surface area contributed by atoms with E-state index in [0.29, 0.717) is 6.04 Å². The number of nitrogens with two attached hydrogens (primary N) is 1. The van der Waals surface area contributed by atoms with E-state index in [2.05, 4.69) is 11.8 Å². The van der Waals surface area contributed by atoms with Crippen LogP contribution in [0.3, 0.4) is 0 Å². The van der Waals surface area contributed by atoms with E-state index in [1.807, 2.05) is 0 Å². The van der Waals surface area contributed by atoms with Crippen LogP contribution in [0, 0.1) is 0 Å². The molecule has 1 atom stereocenters. The molecule has 2 heterocycles. The molecule has 2 heteroatoms. The Balaban J connectivity index is 1.88. The minimum atomic E-state index is 0.409. The molecule has 2 bridgehead atoms. The number of rotatable bonds is 3. The van der Waals surface area contributed by atoms with Crippen molar-refractivity contribution in [3.8, 4) is 0 Å². The second-order valence-corrected chi connectivity index (χ2v) is 4.33.